The van der Waals surface area contributed by atoms with Crippen molar-refractivity contribution >= 4 is 11.7 Å². The van der Waals surface area contributed by atoms with Crippen LogP contribution in [0.3, 0.4) is 0 Å². The summed E-state index contributed by atoms with van der Waals surface area (Å²) in [5, 5.41) is 0. The molecule has 0 unspecified atom stereocenters. The lowest BCUT2D eigenvalue weighted by molar-refractivity contribution is -0.149. The summed E-state index contributed by atoms with van der Waals surface area (Å²) in [6.07, 6.45) is 0. The van der Waals surface area contributed by atoms with Gasteiger partial charge in [-0.15, -0.1) is 0 Å². The molecule has 0 saturated carbocycles. The first-order valence-electron chi connectivity index (χ1n) is 5.05. The fraction of sp³-hybridized carbons (Fsp3) is 0. The summed E-state index contributed by atoms with van der Waals surface area (Å²) in [5.41, 5.74) is 6.52. The number of benzene rings is 2. The van der Waals surface area contributed by atoms with E-state index in [1.165, 1.54) is 0 Å². The van der Waals surface area contributed by atoms with Crippen molar-refractivity contribution in [1.29, 1.82) is 0 Å². The van der Waals surface area contributed by atoms with E-state index in [9.17, 15) is 4.79 Å². The number of nitrogens with two attached hydrogens (primary N) is 1. The highest BCUT2D eigenvalue weighted by molar-refractivity contribution is 5.88. The molecule has 0 aliphatic heterocycles. The number of rotatable bonds is 3. The Kier molecular flexibility index (Phi) is 3.25. The van der Waals surface area contributed by atoms with E-state index in [1.807, 2.05) is 6.07 Å². The molecule has 17 heavy (non-hydrogen) atoms. The maximum atomic E-state index is 11.5. The molecule has 0 fully saturated rings. The maximum absolute atomic E-state index is 11.5. The monoisotopic (exact) mass is 229 g/mol. The van der Waals surface area contributed by atoms with Crippen LogP contribution in [-0.2, 0) is 4.89 Å². The van der Waals surface area contributed by atoms with Gasteiger partial charge in [-0.3, -0.25) is 4.89 Å². The Labute approximate surface area is 98.5 Å². The van der Waals surface area contributed by atoms with Gasteiger partial charge in [0.25, 0.3) is 0 Å². The van der Waals surface area contributed by atoms with Crippen LogP contribution in [0.1, 0.15) is 10.4 Å². The van der Waals surface area contributed by atoms with Crippen molar-refractivity contribution in [2.75, 3.05) is 5.73 Å². The average Bonchev–Trinajstić information content (AvgIpc) is 2.37. The van der Waals surface area contributed by atoms with Crippen LogP contribution < -0.4 is 10.6 Å². The van der Waals surface area contributed by atoms with Crippen molar-refractivity contribution in [1.82, 2.24) is 0 Å². The summed E-state index contributed by atoms with van der Waals surface area (Å²) in [6.45, 7) is 0. The first-order chi connectivity index (χ1) is 8.25. The van der Waals surface area contributed by atoms with Gasteiger partial charge < -0.3 is 5.73 Å². The molecule has 0 aliphatic rings. The molecule has 0 aliphatic carbocycles. The second-order valence-corrected chi connectivity index (χ2v) is 3.39. The van der Waals surface area contributed by atoms with E-state index in [2.05, 4.69) is 4.89 Å². The minimum Gasteiger partial charge on any atom is -0.399 e. The summed E-state index contributed by atoms with van der Waals surface area (Å²) in [6, 6.07) is 15.2. The average molecular weight is 229 g/mol. The van der Waals surface area contributed by atoms with Gasteiger partial charge in [0.2, 0.25) is 0 Å². The van der Waals surface area contributed by atoms with Gasteiger partial charge in [0, 0.05) is 11.8 Å². The van der Waals surface area contributed by atoms with E-state index in [0.29, 0.717) is 17.0 Å². The molecule has 0 amide bonds. The van der Waals surface area contributed by atoms with Crippen molar-refractivity contribution in [2.24, 2.45) is 0 Å². The van der Waals surface area contributed by atoms with Gasteiger partial charge in [0.05, 0.1) is 5.56 Å². The zero-order chi connectivity index (χ0) is 12.1. The Morgan fingerprint density at radius 1 is 1.00 bits per heavy atom. The molecule has 0 saturated heterocycles. The molecule has 2 aromatic carbocycles. The third kappa shape index (κ3) is 2.98. The molecule has 0 aromatic heterocycles. The van der Waals surface area contributed by atoms with Crippen LogP contribution in [0.5, 0.6) is 5.75 Å². The van der Waals surface area contributed by atoms with Gasteiger partial charge in [0.15, 0.2) is 5.75 Å². The van der Waals surface area contributed by atoms with Gasteiger partial charge in [-0.05, 0) is 24.3 Å². The first-order valence-corrected chi connectivity index (χ1v) is 5.05. The molecule has 0 heterocycles. The molecular formula is C13H11NO3. The lowest BCUT2D eigenvalue weighted by Crippen LogP contribution is -2.08. The predicted molar refractivity (Wildman–Crippen MR) is 63.3 cm³/mol. The highest BCUT2D eigenvalue weighted by atomic mass is 17.2. The van der Waals surface area contributed by atoms with Crippen LogP contribution >= 0.6 is 0 Å². The number of hydrogen-bond donors (Lipinski definition) is 1. The largest absolute Gasteiger partial charge is 0.399 e. The van der Waals surface area contributed by atoms with Crippen LogP contribution in [0.4, 0.5) is 5.69 Å². The Morgan fingerprint density at radius 2 is 1.76 bits per heavy atom. The number of carbonyl (C=O) groups excluding carboxylic acids is 1. The van der Waals surface area contributed by atoms with Crippen molar-refractivity contribution in [3.05, 3.63) is 60.2 Å². The van der Waals surface area contributed by atoms with Crippen molar-refractivity contribution in [3.8, 4) is 5.75 Å². The fourth-order valence-corrected chi connectivity index (χ4v) is 1.27. The fourth-order valence-electron chi connectivity index (χ4n) is 1.27. The van der Waals surface area contributed by atoms with E-state index < -0.39 is 5.97 Å². The van der Waals surface area contributed by atoms with Gasteiger partial charge in [-0.25, -0.2) is 9.68 Å². The number of carbonyl (C=O) groups is 1. The lowest BCUT2D eigenvalue weighted by Gasteiger charge is -2.04. The quantitative estimate of drug-likeness (QED) is 0.498. The molecule has 2 aromatic rings. The third-order valence-corrected chi connectivity index (χ3v) is 2.08. The smallest absolute Gasteiger partial charge is 0.386 e. The summed E-state index contributed by atoms with van der Waals surface area (Å²) >= 11 is 0. The van der Waals surface area contributed by atoms with Gasteiger partial charge in [-0.1, -0.05) is 24.3 Å². The summed E-state index contributed by atoms with van der Waals surface area (Å²) in [4.78, 5) is 21.1. The molecule has 4 heteroatoms. The van der Waals surface area contributed by atoms with E-state index in [-0.39, 0.29) is 0 Å². The second-order valence-electron chi connectivity index (χ2n) is 3.39. The van der Waals surface area contributed by atoms with E-state index >= 15 is 0 Å². The Balaban J connectivity index is 1.97. The number of hydrogen-bond acceptors (Lipinski definition) is 4. The summed E-state index contributed by atoms with van der Waals surface area (Å²) in [7, 11) is 0. The van der Waals surface area contributed by atoms with Crippen LogP contribution in [-0.4, -0.2) is 5.97 Å². The van der Waals surface area contributed by atoms with E-state index in [1.54, 1.807) is 48.5 Å². The van der Waals surface area contributed by atoms with E-state index in [4.69, 9.17) is 10.6 Å². The molecule has 0 radical (unpaired) electrons. The molecule has 86 valence electrons. The van der Waals surface area contributed by atoms with Crippen molar-refractivity contribution < 1.29 is 14.6 Å². The van der Waals surface area contributed by atoms with Crippen LogP contribution in [0.15, 0.2) is 54.6 Å². The number of anilines is 1. The molecule has 4 nitrogen and oxygen atoms in total. The highest BCUT2D eigenvalue weighted by Gasteiger charge is 2.08. The zero-order valence-corrected chi connectivity index (χ0v) is 9.00. The minimum atomic E-state index is -0.548. The van der Waals surface area contributed by atoms with Gasteiger partial charge in [0.1, 0.15) is 0 Å². The standard InChI is InChI=1S/C13H11NO3/c14-11-7-4-8-12(9-11)16-17-13(15)10-5-2-1-3-6-10/h1-9H,14H2. The summed E-state index contributed by atoms with van der Waals surface area (Å²) < 4.78 is 0. The molecule has 2 N–H and O–H groups in total. The van der Waals surface area contributed by atoms with Crippen LogP contribution in [0.2, 0.25) is 0 Å². The molecule has 0 atom stereocenters. The molecular weight excluding hydrogens is 218 g/mol. The van der Waals surface area contributed by atoms with E-state index in [0.717, 1.165) is 0 Å². The first kappa shape index (κ1) is 11.0. The Morgan fingerprint density at radius 3 is 2.47 bits per heavy atom. The Hall–Kier alpha value is -2.49. The van der Waals surface area contributed by atoms with Gasteiger partial charge >= 0.3 is 5.97 Å². The van der Waals surface area contributed by atoms with Gasteiger partial charge in [-0.2, -0.15) is 0 Å². The lowest BCUT2D eigenvalue weighted by atomic mass is 10.2. The van der Waals surface area contributed by atoms with Crippen molar-refractivity contribution in [2.45, 2.75) is 0 Å². The molecule has 2 rings (SSSR count). The minimum absolute atomic E-state index is 0.384. The van der Waals surface area contributed by atoms with Crippen LogP contribution in [0.25, 0.3) is 0 Å². The SMILES string of the molecule is Nc1cccc(OOC(=O)c2ccccc2)c1. The zero-order valence-electron chi connectivity index (χ0n) is 9.00. The highest BCUT2D eigenvalue weighted by Crippen LogP contribution is 2.15. The predicted octanol–water partition coefficient (Wildman–Crippen LogP) is 2.42. The Bertz CT molecular complexity index is 511. The normalized spacial score (nSPS) is 9.65. The summed E-state index contributed by atoms with van der Waals surface area (Å²) in [5.74, 6) is -0.165. The number of nitrogen functional groups attached to an aromatic ring is 1. The second kappa shape index (κ2) is 5.03. The van der Waals surface area contributed by atoms with Crippen LogP contribution in [0, 0.1) is 0 Å². The third-order valence-electron chi connectivity index (χ3n) is 2.08. The molecule has 0 spiro atoms. The topological polar surface area (TPSA) is 61.6 Å². The van der Waals surface area contributed by atoms with Crippen molar-refractivity contribution in [3.63, 3.8) is 0 Å². The maximum Gasteiger partial charge on any atom is 0.386 e. The molecule has 0 bridgehead atoms.